The molecule has 0 radical (unpaired) electrons. The SMILES string of the molecule is CC(SCc1ccccc1)C(=O)NCC1CCCC(O)C1. The summed E-state index contributed by atoms with van der Waals surface area (Å²) in [5.41, 5.74) is 1.25. The number of amides is 1. The van der Waals surface area contributed by atoms with Gasteiger partial charge >= 0.3 is 0 Å². The molecule has 0 bridgehead atoms. The summed E-state index contributed by atoms with van der Waals surface area (Å²) in [6, 6.07) is 10.2. The number of rotatable bonds is 6. The molecule has 1 aromatic rings. The second-order valence-electron chi connectivity index (χ2n) is 5.87. The second kappa shape index (κ2) is 8.44. The molecule has 0 saturated heterocycles. The maximum absolute atomic E-state index is 12.1. The van der Waals surface area contributed by atoms with Crippen molar-refractivity contribution in [1.82, 2.24) is 5.32 Å². The van der Waals surface area contributed by atoms with Gasteiger partial charge in [0.05, 0.1) is 11.4 Å². The van der Waals surface area contributed by atoms with Crippen molar-refractivity contribution >= 4 is 17.7 Å². The van der Waals surface area contributed by atoms with E-state index >= 15 is 0 Å². The Morgan fingerprint density at radius 2 is 2.14 bits per heavy atom. The van der Waals surface area contributed by atoms with Gasteiger partial charge in [-0.25, -0.2) is 0 Å². The van der Waals surface area contributed by atoms with Crippen molar-refractivity contribution in [2.24, 2.45) is 5.92 Å². The van der Waals surface area contributed by atoms with Gasteiger partial charge < -0.3 is 10.4 Å². The standard InChI is InChI=1S/C17H25NO2S/c1-13(21-12-14-6-3-2-4-7-14)17(20)18-11-15-8-5-9-16(19)10-15/h2-4,6-7,13,15-16,19H,5,8-12H2,1H3,(H,18,20). The normalized spacial score (nSPS) is 23.5. The minimum absolute atomic E-state index is 0.0429. The molecule has 3 nitrogen and oxygen atoms in total. The van der Waals surface area contributed by atoms with Crippen molar-refractivity contribution in [3.8, 4) is 0 Å². The zero-order valence-corrected chi connectivity index (χ0v) is 13.4. The molecular formula is C17H25NO2S. The first-order chi connectivity index (χ1) is 10.1. The van der Waals surface area contributed by atoms with Gasteiger partial charge in [-0.1, -0.05) is 36.8 Å². The van der Waals surface area contributed by atoms with Crippen LogP contribution in [0, 0.1) is 5.92 Å². The van der Waals surface area contributed by atoms with Gasteiger partial charge in [0, 0.05) is 12.3 Å². The molecule has 1 fully saturated rings. The third-order valence-corrected chi connectivity index (χ3v) is 5.25. The smallest absolute Gasteiger partial charge is 0.232 e. The Kier molecular flexibility index (Phi) is 6.58. The number of hydrogen-bond donors (Lipinski definition) is 2. The lowest BCUT2D eigenvalue weighted by Gasteiger charge is -2.26. The lowest BCUT2D eigenvalue weighted by Crippen LogP contribution is -2.36. The van der Waals surface area contributed by atoms with E-state index in [4.69, 9.17) is 0 Å². The second-order valence-corrected chi connectivity index (χ2v) is 7.20. The lowest BCUT2D eigenvalue weighted by atomic mass is 9.87. The van der Waals surface area contributed by atoms with Crippen LogP contribution in [0.15, 0.2) is 30.3 Å². The molecule has 0 heterocycles. The Bertz CT molecular complexity index is 438. The van der Waals surface area contributed by atoms with Crippen molar-refractivity contribution in [3.05, 3.63) is 35.9 Å². The molecule has 2 N–H and O–H groups in total. The summed E-state index contributed by atoms with van der Waals surface area (Å²) in [7, 11) is 0. The molecule has 1 aromatic carbocycles. The van der Waals surface area contributed by atoms with Gasteiger partial charge in [0.15, 0.2) is 0 Å². The molecule has 1 saturated carbocycles. The average Bonchev–Trinajstić information content (AvgIpc) is 2.51. The van der Waals surface area contributed by atoms with E-state index in [1.165, 1.54) is 5.56 Å². The van der Waals surface area contributed by atoms with Crippen molar-refractivity contribution in [1.29, 1.82) is 0 Å². The topological polar surface area (TPSA) is 49.3 Å². The minimum Gasteiger partial charge on any atom is -0.393 e. The fraction of sp³-hybridized carbons (Fsp3) is 0.588. The highest BCUT2D eigenvalue weighted by Gasteiger charge is 2.21. The van der Waals surface area contributed by atoms with E-state index in [2.05, 4.69) is 17.4 Å². The van der Waals surface area contributed by atoms with Crippen LogP contribution in [0.1, 0.15) is 38.2 Å². The van der Waals surface area contributed by atoms with E-state index in [1.807, 2.05) is 25.1 Å². The lowest BCUT2D eigenvalue weighted by molar-refractivity contribution is -0.120. The third-order valence-electron chi connectivity index (χ3n) is 4.03. The van der Waals surface area contributed by atoms with Crippen LogP contribution in [0.3, 0.4) is 0 Å². The molecule has 3 unspecified atom stereocenters. The Balaban J connectivity index is 1.67. The summed E-state index contributed by atoms with van der Waals surface area (Å²) in [4.78, 5) is 12.1. The summed E-state index contributed by atoms with van der Waals surface area (Å²) < 4.78 is 0. The highest BCUT2D eigenvalue weighted by atomic mass is 32.2. The maximum atomic E-state index is 12.1. The number of carbonyl (C=O) groups excluding carboxylic acids is 1. The molecule has 21 heavy (non-hydrogen) atoms. The Morgan fingerprint density at radius 1 is 1.38 bits per heavy atom. The Hall–Kier alpha value is -1.00. The van der Waals surface area contributed by atoms with Gasteiger partial charge in [0.25, 0.3) is 0 Å². The molecular weight excluding hydrogens is 282 g/mol. The number of aliphatic hydroxyl groups is 1. The van der Waals surface area contributed by atoms with Crippen LogP contribution < -0.4 is 5.32 Å². The van der Waals surface area contributed by atoms with Crippen LogP contribution in [0.2, 0.25) is 0 Å². The molecule has 0 spiro atoms. The number of carbonyl (C=O) groups is 1. The molecule has 3 atom stereocenters. The van der Waals surface area contributed by atoms with Crippen LogP contribution >= 0.6 is 11.8 Å². The fourth-order valence-electron chi connectivity index (χ4n) is 2.71. The van der Waals surface area contributed by atoms with E-state index in [0.717, 1.165) is 31.4 Å². The van der Waals surface area contributed by atoms with Crippen LogP contribution in [-0.4, -0.2) is 28.9 Å². The summed E-state index contributed by atoms with van der Waals surface area (Å²) in [5.74, 6) is 1.40. The Labute approximate surface area is 131 Å². The molecule has 1 aliphatic carbocycles. The largest absolute Gasteiger partial charge is 0.393 e. The fourth-order valence-corrected chi connectivity index (χ4v) is 3.58. The van der Waals surface area contributed by atoms with Crippen molar-refractivity contribution < 1.29 is 9.90 Å². The van der Waals surface area contributed by atoms with Gasteiger partial charge in [-0.05, 0) is 37.7 Å². The summed E-state index contributed by atoms with van der Waals surface area (Å²) >= 11 is 1.66. The molecule has 1 aliphatic rings. The summed E-state index contributed by atoms with van der Waals surface area (Å²) in [6.07, 6.45) is 3.74. The van der Waals surface area contributed by atoms with E-state index in [-0.39, 0.29) is 17.3 Å². The van der Waals surface area contributed by atoms with Crippen molar-refractivity contribution in [2.45, 2.75) is 49.7 Å². The van der Waals surface area contributed by atoms with Crippen LogP contribution in [0.4, 0.5) is 0 Å². The van der Waals surface area contributed by atoms with Gasteiger partial charge in [0.1, 0.15) is 0 Å². The number of hydrogen-bond acceptors (Lipinski definition) is 3. The zero-order valence-electron chi connectivity index (χ0n) is 12.6. The first-order valence-corrected chi connectivity index (χ1v) is 8.81. The summed E-state index contributed by atoms with van der Waals surface area (Å²) in [6.45, 7) is 2.66. The van der Waals surface area contributed by atoms with Crippen LogP contribution in [-0.2, 0) is 10.5 Å². The van der Waals surface area contributed by atoms with Gasteiger partial charge in [-0.2, -0.15) is 0 Å². The van der Waals surface area contributed by atoms with Gasteiger partial charge in [-0.3, -0.25) is 4.79 Å². The quantitative estimate of drug-likeness (QED) is 0.849. The number of thioether (sulfide) groups is 1. The molecule has 0 aromatic heterocycles. The highest BCUT2D eigenvalue weighted by Crippen LogP contribution is 2.24. The van der Waals surface area contributed by atoms with Crippen LogP contribution in [0.5, 0.6) is 0 Å². The number of benzene rings is 1. The average molecular weight is 307 g/mol. The van der Waals surface area contributed by atoms with E-state index in [0.29, 0.717) is 12.5 Å². The zero-order chi connectivity index (χ0) is 15.1. The van der Waals surface area contributed by atoms with Crippen LogP contribution in [0.25, 0.3) is 0 Å². The molecule has 4 heteroatoms. The van der Waals surface area contributed by atoms with E-state index in [1.54, 1.807) is 11.8 Å². The Morgan fingerprint density at radius 3 is 2.86 bits per heavy atom. The molecule has 116 valence electrons. The predicted molar refractivity (Wildman–Crippen MR) is 88.2 cm³/mol. The van der Waals surface area contributed by atoms with Crippen molar-refractivity contribution in [2.75, 3.05) is 6.54 Å². The summed E-state index contributed by atoms with van der Waals surface area (Å²) in [5, 5.41) is 12.6. The van der Waals surface area contributed by atoms with E-state index < -0.39 is 0 Å². The molecule has 0 aliphatic heterocycles. The van der Waals surface area contributed by atoms with Crippen molar-refractivity contribution in [3.63, 3.8) is 0 Å². The van der Waals surface area contributed by atoms with Gasteiger partial charge in [0.2, 0.25) is 5.91 Å². The van der Waals surface area contributed by atoms with Gasteiger partial charge in [-0.15, -0.1) is 11.8 Å². The minimum atomic E-state index is -0.175. The highest BCUT2D eigenvalue weighted by molar-refractivity contribution is 7.99. The van der Waals surface area contributed by atoms with E-state index in [9.17, 15) is 9.90 Å². The number of aliphatic hydroxyl groups excluding tert-OH is 1. The predicted octanol–water partition coefficient (Wildman–Crippen LogP) is 2.98. The first-order valence-electron chi connectivity index (χ1n) is 7.76. The maximum Gasteiger partial charge on any atom is 0.232 e. The monoisotopic (exact) mass is 307 g/mol. The first kappa shape index (κ1) is 16.4. The molecule has 1 amide bonds. The number of nitrogens with one attached hydrogen (secondary N) is 1. The third kappa shape index (κ3) is 5.71. The molecule has 2 rings (SSSR count).